The number of esters is 1. The van der Waals surface area contributed by atoms with Gasteiger partial charge in [-0.25, -0.2) is 14.4 Å². The molecule has 110 valence electrons. The number of ether oxygens (including phenoxy) is 2. The molecule has 0 amide bonds. The highest BCUT2D eigenvalue weighted by Crippen LogP contribution is 2.47. The van der Waals surface area contributed by atoms with Crippen LogP contribution in [-0.2, 0) is 15.1 Å². The van der Waals surface area contributed by atoms with E-state index in [9.17, 15) is 14.4 Å². The summed E-state index contributed by atoms with van der Waals surface area (Å²) >= 11 is 0. The summed E-state index contributed by atoms with van der Waals surface area (Å²) in [4.78, 5) is 33.3. The number of hydrogen-bond donors (Lipinski definition) is 2. The molecule has 0 saturated heterocycles. The molecule has 0 bridgehead atoms. The molecule has 1 aromatic rings. The predicted molar refractivity (Wildman–Crippen MR) is 69.5 cm³/mol. The fraction of sp³-hybridized carbons (Fsp3) is 0.214. The van der Waals surface area contributed by atoms with Crippen LogP contribution in [0.15, 0.2) is 24.8 Å². The zero-order valence-electron chi connectivity index (χ0n) is 11.1. The highest BCUT2D eigenvalue weighted by molar-refractivity contribution is 6.04. The van der Waals surface area contributed by atoms with E-state index in [1.54, 1.807) is 6.92 Å². The van der Waals surface area contributed by atoms with Gasteiger partial charge in [0.1, 0.15) is 17.9 Å². The molecule has 1 atom stereocenters. The highest BCUT2D eigenvalue weighted by Gasteiger charge is 2.46. The van der Waals surface area contributed by atoms with Gasteiger partial charge < -0.3 is 19.7 Å². The summed E-state index contributed by atoms with van der Waals surface area (Å²) in [5.74, 6) is -3.40. The quantitative estimate of drug-likeness (QED) is 0.623. The third-order valence-corrected chi connectivity index (χ3v) is 3.16. The van der Waals surface area contributed by atoms with Crippen LogP contribution in [0.1, 0.15) is 33.2 Å². The number of carboxylic acids is 2. The Kier molecular flexibility index (Phi) is 3.42. The standard InChI is InChI=1S/C14H12O7/c1-3-9(15)20-6-14(2)8-5-4-7(12(16)17)10(13(18)19)11(8)21-14/h3-5H,1,6H2,2H3,(H,16,17)(H,18,19). The Labute approximate surface area is 119 Å². The minimum Gasteiger partial charge on any atom is -0.478 e. The van der Waals surface area contributed by atoms with Crippen molar-refractivity contribution in [1.82, 2.24) is 0 Å². The van der Waals surface area contributed by atoms with Crippen molar-refractivity contribution in [3.05, 3.63) is 41.5 Å². The monoisotopic (exact) mass is 292 g/mol. The smallest absolute Gasteiger partial charge is 0.340 e. The van der Waals surface area contributed by atoms with Crippen LogP contribution < -0.4 is 4.74 Å². The van der Waals surface area contributed by atoms with Crippen molar-refractivity contribution in [1.29, 1.82) is 0 Å². The third-order valence-electron chi connectivity index (χ3n) is 3.16. The van der Waals surface area contributed by atoms with E-state index in [2.05, 4.69) is 6.58 Å². The molecule has 0 aliphatic carbocycles. The Bertz CT molecular complexity index is 662. The third kappa shape index (κ3) is 2.33. The largest absolute Gasteiger partial charge is 0.478 e. The fourth-order valence-corrected chi connectivity index (χ4v) is 2.10. The Morgan fingerprint density at radius 3 is 2.52 bits per heavy atom. The number of fused-ring (bicyclic) bond motifs is 1. The molecule has 1 heterocycles. The van der Waals surface area contributed by atoms with Crippen molar-refractivity contribution in [3.63, 3.8) is 0 Å². The van der Waals surface area contributed by atoms with E-state index in [1.165, 1.54) is 12.1 Å². The van der Waals surface area contributed by atoms with E-state index in [4.69, 9.17) is 19.7 Å². The highest BCUT2D eigenvalue weighted by atomic mass is 16.6. The van der Waals surface area contributed by atoms with Crippen molar-refractivity contribution in [2.75, 3.05) is 6.61 Å². The van der Waals surface area contributed by atoms with E-state index in [0.717, 1.165) is 6.08 Å². The number of carbonyl (C=O) groups is 3. The van der Waals surface area contributed by atoms with Gasteiger partial charge in [-0.15, -0.1) is 0 Å². The molecule has 1 aromatic carbocycles. The Hall–Kier alpha value is -2.83. The molecule has 0 fully saturated rings. The molecule has 1 aliphatic rings. The Balaban J connectivity index is 2.37. The van der Waals surface area contributed by atoms with Crippen LogP contribution in [0.25, 0.3) is 0 Å². The zero-order chi connectivity index (χ0) is 15.8. The van der Waals surface area contributed by atoms with Crippen LogP contribution in [0, 0.1) is 0 Å². The lowest BCUT2D eigenvalue weighted by Gasteiger charge is -2.41. The molecule has 0 aromatic heterocycles. The zero-order valence-corrected chi connectivity index (χ0v) is 11.1. The first-order valence-electron chi connectivity index (χ1n) is 5.92. The molecule has 0 radical (unpaired) electrons. The maximum Gasteiger partial charge on any atom is 0.340 e. The van der Waals surface area contributed by atoms with Gasteiger partial charge in [-0.05, 0) is 13.0 Å². The van der Waals surface area contributed by atoms with Crippen LogP contribution in [0.2, 0.25) is 0 Å². The van der Waals surface area contributed by atoms with Crippen LogP contribution >= 0.6 is 0 Å². The van der Waals surface area contributed by atoms with Crippen molar-refractivity contribution < 1.29 is 34.1 Å². The lowest BCUT2D eigenvalue weighted by Crippen LogP contribution is -2.44. The minimum atomic E-state index is -1.39. The second-order valence-electron chi connectivity index (χ2n) is 4.62. The molecule has 7 heteroatoms. The van der Waals surface area contributed by atoms with E-state index >= 15 is 0 Å². The summed E-state index contributed by atoms with van der Waals surface area (Å²) in [6, 6.07) is 2.65. The predicted octanol–water partition coefficient (Wildman–Crippen LogP) is 1.42. The fourth-order valence-electron chi connectivity index (χ4n) is 2.10. The summed E-state index contributed by atoms with van der Waals surface area (Å²) in [7, 11) is 0. The topological polar surface area (TPSA) is 110 Å². The molecule has 21 heavy (non-hydrogen) atoms. The van der Waals surface area contributed by atoms with Gasteiger partial charge in [0.15, 0.2) is 5.60 Å². The van der Waals surface area contributed by atoms with E-state index < -0.39 is 29.1 Å². The normalized spacial score (nSPS) is 18.7. The Morgan fingerprint density at radius 1 is 1.33 bits per heavy atom. The first-order valence-corrected chi connectivity index (χ1v) is 5.92. The average Bonchev–Trinajstić information content (AvgIpc) is 2.42. The van der Waals surface area contributed by atoms with Crippen molar-refractivity contribution in [2.45, 2.75) is 12.5 Å². The second-order valence-corrected chi connectivity index (χ2v) is 4.62. The maximum atomic E-state index is 11.2. The van der Waals surface area contributed by atoms with Gasteiger partial charge in [0, 0.05) is 11.6 Å². The number of benzene rings is 1. The summed E-state index contributed by atoms with van der Waals surface area (Å²) < 4.78 is 10.3. The first-order chi connectivity index (χ1) is 9.80. The van der Waals surface area contributed by atoms with Gasteiger partial charge in [0.25, 0.3) is 0 Å². The van der Waals surface area contributed by atoms with Crippen molar-refractivity contribution in [3.8, 4) is 5.75 Å². The van der Waals surface area contributed by atoms with Gasteiger partial charge in [0.2, 0.25) is 0 Å². The summed E-state index contributed by atoms with van der Waals surface area (Å²) in [5, 5.41) is 18.1. The lowest BCUT2D eigenvalue weighted by molar-refractivity contribution is -0.146. The molecule has 0 saturated carbocycles. The summed E-state index contributed by atoms with van der Waals surface area (Å²) in [6.45, 7) is 4.74. The van der Waals surface area contributed by atoms with Crippen LogP contribution in [0.5, 0.6) is 5.75 Å². The van der Waals surface area contributed by atoms with E-state index in [1.807, 2.05) is 0 Å². The number of rotatable bonds is 5. The van der Waals surface area contributed by atoms with Crippen LogP contribution in [0.3, 0.4) is 0 Å². The lowest BCUT2D eigenvalue weighted by atomic mass is 9.86. The van der Waals surface area contributed by atoms with Crippen LogP contribution in [0.4, 0.5) is 0 Å². The van der Waals surface area contributed by atoms with Gasteiger partial charge in [-0.1, -0.05) is 12.6 Å². The van der Waals surface area contributed by atoms with Gasteiger partial charge in [0.05, 0.1) is 5.56 Å². The SMILES string of the molecule is C=CC(=O)OCC1(C)Oc2c1ccc(C(=O)O)c2C(=O)O. The van der Waals surface area contributed by atoms with Crippen molar-refractivity contribution >= 4 is 17.9 Å². The molecule has 0 spiro atoms. The first kappa shape index (κ1) is 14.6. The van der Waals surface area contributed by atoms with E-state index in [0.29, 0.717) is 5.56 Å². The maximum absolute atomic E-state index is 11.2. The Morgan fingerprint density at radius 2 is 2.00 bits per heavy atom. The summed E-state index contributed by atoms with van der Waals surface area (Å²) in [5.41, 5.74) is -1.30. The van der Waals surface area contributed by atoms with Crippen LogP contribution in [-0.4, -0.2) is 34.7 Å². The molecule has 2 N–H and O–H groups in total. The average molecular weight is 292 g/mol. The number of hydrogen-bond acceptors (Lipinski definition) is 5. The minimum absolute atomic E-state index is 0.0143. The van der Waals surface area contributed by atoms with Gasteiger partial charge in [-0.3, -0.25) is 0 Å². The molecule has 1 aliphatic heterocycles. The molecule has 1 unspecified atom stereocenters. The molecule has 2 rings (SSSR count). The summed E-state index contributed by atoms with van der Waals surface area (Å²) in [6.07, 6.45) is 0.999. The molecule has 7 nitrogen and oxygen atoms in total. The number of aromatic carboxylic acids is 2. The van der Waals surface area contributed by atoms with E-state index in [-0.39, 0.29) is 17.9 Å². The van der Waals surface area contributed by atoms with Crippen molar-refractivity contribution in [2.24, 2.45) is 0 Å². The molecular formula is C14H12O7. The second kappa shape index (κ2) is 4.93. The van der Waals surface area contributed by atoms with Gasteiger partial charge in [-0.2, -0.15) is 0 Å². The molecular weight excluding hydrogens is 280 g/mol. The number of carboxylic acid groups (broad SMARTS) is 2. The number of carbonyl (C=O) groups excluding carboxylic acids is 1. The van der Waals surface area contributed by atoms with Gasteiger partial charge >= 0.3 is 17.9 Å².